The molecule has 0 spiro atoms. The smallest absolute Gasteiger partial charge is 0.308 e. The Morgan fingerprint density at radius 3 is 2.71 bits per heavy atom. The Kier molecular flexibility index (Phi) is 4.88. The molecule has 0 radical (unpaired) electrons. The monoisotopic (exact) mass is 328 g/mol. The third-order valence-electron chi connectivity index (χ3n) is 4.57. The minimum absolute atomic E-state index is 0.0134. The average molecular weight is 328 g/mol. The number of ether oxygens (including phenoxy) is 2. The molecule has 1 aromatic heterocycles. The van der Waals surface area contributed by atoms with Crippen LogP contribution in [0, 0.1) is 12.8 Å². The third kappa shape index (κ3) is 3.30. The van der Waals surface area contributed by atoms with Gasteiger partial charge in [-0.3, -0.25) is 9.78 Å². The Morgan fingerprint density at radius 2 is 2.04 bits per heavy atom. The first kappa shape index (κ1) is 16.6. The predicted octanol–water partition coefficient (Wildman–Crippen LogP) is 3.33. The number of rotatable bonds is 4. The van der Waals surface area contributed by atoms with Gasteiger partial charge in [0.2, 0.25) is 0 Å². The number of carbonyl (C=O) groups excluding carboxylic acids is 1. The van der Waals surface area contributed by atoms with Gasteiger partial charge in [-0.1, -0.05) is 0 Å². The number of esters is 1. The van der Waals surface area contributed by atoms with Crippen molar-refractivity contribution in [1.82, 2.24) is 4.98 Å². The van der Waals surface area contributed by atoms with Crippen molar-refractivity contribution in [3.63, 3.8) is 0 Å². The fourth-order valence-electron chi connectivity index (χ4n) is 3.36. The van der Waals surface area contributed by atoms with Gasteiger partial charge in [-0.15, -0.1) is 0 Å². The van der Waals surface area contributed by atoms with E-state index in [0.29, 0.717) is 6.61 Å². The molecule has 0 bridgehead atoms. The lowest BCUT2D eigenvalue weighted by Crippen LogP contribution is -2.36. The molecule has 1 fully saturated rings. The topological polar surface area (TPSA) is 51.7 Å². The average Bonchev–Trinajstić information content (AvgIpc) is 2.61. The van der Waals surface area contributed by atoms with Crippen molar-refractivity contribution in [2.45, 2.75) is 26.7 Å². The fraction of sp³-hybridized carbons (Fsp3) is 0.474. The first-order valence-corrected chi connectivity index (χ1v) is 8.49. The summed E-state index contributed by atoms with van der Waals surface area (Å²) in [7, 11) is 1.46. The maximum absolute atomic E-state index is 11.7. The van der Waals surface area contributed by atoms with Gasteiger partial charge in [-0.25, -0.2) is 0 Å². The molecule has 0 unspecified atom stereocenters. The molecule has 5 nitrogen and oxygen atoms in total. The maximum atomic E-state index is 11.7. The lowest BCUT2D eigenvalue weighted by molar-refractivity contribution is -0.146. The van der Waals surface area contributed by atoms with E-state index < -0.39 is 0 Å². The van der Waals surface area contributed by atoms with Gasteiger partial charge in [-0.05, 0) is 51.0 Å². The summed E-state index contributed by atoms with van der Waals surface area (Å²) in [4.78, 5) is 18.7. The second-order valence-corrected chi connectivity index (χ2v) is 6.18. The van der Waals surface area contributed by atoms with Crippen LogP contribution in [0.1, 0.15) is 25.5 Å². The summed E-state index contributed by atoms with van der Waals surface area (Å²) >= 11 is 0. The summed E-state index contributed by atoms with van der Waals surface area (Å²) in [5, 5.41) is 1.10. The number of anilines is 1. The van der Waals surface area contributed by atoms with E-state index in [9.17, 15) is 4.79 Å². The molecule has 1 aromatic carbocycles. The van der Waals surface area contributed by atoms with Crippen LogP contribution in [0.3, 0.4) is 0 Å². The number of carbonyl (C=O) groups is 1. The zero-order valence-corrected chi connectivity index (χ0v) is 14.5. The highest BCUT2D eigenvalue weighted by molar-refractivity contribution is 5.93. The van der Waals surface area contributed by atoms with Gasteiger partial charge in [0.15, 0.2) is 0 Å². The number of methoxy groups -OCH3 is 1. The van der Waals surface area contributed by atoms with Crippen LogP contribution in [0.25, 0.3) is 10.9 Å². The molecule has 0 atom stereocenters. The zero-order valence-electron chi connectivity index (χ0n) is 14.5. The van der Waals surface area contributed by atoms with E-state index in [1.807, 2.05) is 26.0 Å². The van der Waals surface area contributed by atoms with Gasteiger partial charge in [-0.2, -0.15) is 0 Å². The molecular formula is C19H24N2O3. The Morgan fingerprint density at radius 1 is 1.29 bits per heavy atom. The summed E-state index contributed by atoms with van der Waals surface area (Å²) < 4.78 is 10.5. The van der Waals surface area contributed by atoms with E-state index in [0.717, 1.165) is 48.3 Å². The highest BCUT2D eigenvalue weighted by Gasteiger charge is 2.26. The fourth-order valence-corrected chi connectivity index (χ4v) is 3.36. The van der Waals surface area contributed by atoms with Crippen LogP contribution in [0.5, 0.6) is 5.75 Å². The maximum Gasteiger partial charge on any atom is 0.308 e. The summed E-state index contributed by atoms with van der Waals surface area (Å²) in [6.07, 6.45) is 1.64. The molecule has 1 aliphatic rings. The van der Waals surface area contributed by atoms with E-state index in [2.05, 4.69) is 22.0 Å². The Bertz CT molecular complexity index is 737. The number of nitrogens with zero attached hydrogens (tertiary/aromatic N) is 2. The minimum atomic E-state index is -0.0935. The van der Waals surface area contributed by atoms with Crippen LogP contribution in [-0.4, -0.2) is 37.8 Å². The number of piperidine rings is 1. The first-order chi connectivity index (χ1) is 11.6. The molecule has 0 aliphatic carbocycles. The lowest BCUT2D eigenvalue weighted by atomic mass is 9.96. The summed E-state index contributed by atoms with van der Waals surface area (Å²) in [5.74, 6) is 0.782. The van der Waals surface area contributed by atoms with Gasteiger partial charge >= 0.3 is 5.97 Å². The van der Waals surface area contributed by atoms with E-state index in [1.54, 1.807) is 0 Å². The van der Waals surface area contributed by atoms with Crippen molar-refractivity contribution in [2.75, 3.05) is 31.7 Å². The third-order valence-corrected chi connectivity index (χ3v) is 4.57. The van der Waals surface area contributed by atoms with Crippen molar-refractivity contribution in [1.29, 1.82) is 0 Å². The van der Waals surface area contributed by atoms with Gasteiger partial charge in [0.1, 0.15) is 5.75 Å². The Labute approximate surface area is 142 Å². The van der Waals surface area contributed by atoms with Crippen molar-refractivity contribution in [3.8, 4) is 5.75 Å². The number of pyridine rings is 1. The normalized spacial score (nSPS) is 15.5. The first-order valence-electron chi connectivity index (χ1n) is 8.49. The van der Waals surface area contributed by atoms with Crippen molar-refractivity contribution >= 4 is 22.6 Å². The van der Waals surface area contributed by atoms with Crippen molar-refractivity contribution in [3.05, 3.63) is 30.0 Å². The van der Waals surface area contributed by atoms with Crippen LogP contribution in [0.4, 0.5) is 5.69 Å². The molecule has 1 aliphatic heterocycles. The summed E-state index contributed by atoms with van der Waals surface area (Å²) in [6, 6.07) is 8.16. The molecule has 2 aromatic rings. The van der Waals surface area contributed by atoms with Gasteiger partial charge in [0.05, 0.1) is 25.2 Å². The van der Waals surface area contributed by atoms with Crippen LogP contribution < -0.4 is 9.64 Å². The number of fused-ring (bicyclic) bond motifs is 1. The number of benzene rings is 1. The molecule has 2 heterocycles. The van der Waals surface area contributed by atoms with Crippen LogP contribution in [-0.2, 0) is 9.53 Å². The van der Waals surface area contributed by atoms with Gasteiger partial charge < -0.3 is 14.4 Å². The zero-order chi connectivity index (χ0) is 17.1. The molecule has 128 valence electrons. The SMILES string of the molecule is CCOc1ccc2nc(C)cc(N3CCC(C(=O)OC)CC3)c2c1. The lowest BCUT2D eigenvalue weighted by Gasteiger charge is -2.33. The standard InChI is InChI=1S/C19H24N2O3/c1-4-24-15-5-6-17-16(12-15)18(11-13(2)20-17)21-9-7-14(8-10-21)19(22)23-3/h5-6,11-12,14H,4,7-10H2,1-3H3. The molecule has 5 heteroatoms. The number of hydrogen-bond donors (Lipinski definition) is 0. The summed E-state index contributed by atoms with van der Waals surface area (Å²) in [5.41, 5.74) is 3.14. The number of aryl methyl sites for hydroxylation is 1. The molecule has 0 N–H and O–H groups in total. The largest absolute Gasteiger partial charge is 0.494 e. The van der Waals surface area contributed by atoms with Crippen molar-refractivity contribution < 1.29 is 14.3 Å². The van der Waals surface area contributed by atoms with Crippen molar-refractivity contribution in [2.24, 2.45) is 5.92 Å². The van der Waals surface area contributed by atoms with Gasteiger partial charge in [0.25, 0.3) is 0 Å². The van der Waals surface area contributed by atoms with E-state index in [4.69, 9.17) is 9.47 Å². The molecule has 1 saturated heterocycles. The Balaban J connectivity index is 1.91. The second-order valence-electron chi connectivity index (χ2n) is 6.18. The minimum Gasteiger partial charge on any atom is -0.494 e. The molecular weight excluding hydrogens is 304 g/mol. The van der Waals surface area contributed by atoms with E-state index in [-0.39, 0.29) is 11.9 Å². The molecule has 3 rings (SSSR count). The van der Waals surface area contributed by atoms with Crippen LogP contribution in [0.2, 0.25) is 0 Å². The number of aromatic nitrogens is 1. The molecule has 0 saturated carbocycles. The van der Waals surface area contributed by atoms with Gasteiger partial charge in [0, 0.05) is 29.9 Å². The van der Waals surface area contributed by atoms with E-state index >= 15 is 0 Å². The number of hydrogen-bond acceptors (Lipinski definition) is 5. The second kappa shape index (κ2) is 7.07. The predicted molar refractivity (Wildman–Crippen MR) is 94.6 cm³/mol. The summed E-state index contributed by atoms with van der Waals surface area (Å²) in [6.45, 7) is 6.33. The Hall–Kier alpha value is -2.30. The van der Waals surface area contributed by atoms with Crippen LogP contribution >= 0.6 is 0 Å². The molecule has 0 amide bonds. The quantitative estimate of drug-likeness (QED) is 0.806. The van der Waals surface area contributed by atoms with E-state index in [1.165, 1.54) is 12.8 Å². The highest BCUT2D eigenvalue weighted by atomic mass is 16.5. The highest BCUT2D eigenvalue weighted by Crippen LogP contribution is 2.32. The molecule has 24 heavy (non-hydrogen) atoms. The van der Waals surface area contributed by atoms with Crippen LogP contribution in [0.15, 0.2) is 24.3 Å².